The van der Waals surface area contributed by atoms with Crippen LogP contribution in [0.4, 0.5) is 10.6 Å². The highest BCUT2D eigenvalue weighted by molar-refractivity contribution is 5.75. The largest absolute Gasteiger partial charge is 0.444 e. The number of amides is 2. The van der Waals surface area contributed by atoms with Gasteiger partial charge in [-0.2, -0.15) is 4.98 Å². The van der Waals surface area contributed by atoms with Gasteiger partial charge in [-0.1, -0.05) is 50.1 Å². The molecular weight excluding hydrogens is 500 g/mol. The number of piperazine rings is 1. The molecule has 3 heterocycles. The molecule has 0 spiro atoms. The highest BCUT2D eigenvalue weighted by Crippen LogP contribution is 2.32. The molecule has 1 saturated carbocycles. The quantitative estimate of drug-likeness (QED) is 0.334. The highest BCUT2D eigenvalue weighted by Gasteiger charge is 2.27. The van der Waals surface area contributed by atoms with Crippen molar-refractivity contribution >= 4 is 17.8 Å². The maximum absolute atomic E-state index is 12.3. The van der Waals surface area contributed by atoms with Crippen LogP contribution in [0.2, 0.25) is 0 Å². The Morgan fingerprint density at radius 3 is 2.54 bits per heavy atom. The minimum absolute atomic E-state index is 0.0925. The Hall–Kier alpha value is -3.21. The summed E-state index contributed by atoms with van der Waals surface area (Å²) in [6, 6.07) is 3.81. The molecule has 0 aromatic carbocycles. The van der Waals surface area contributed by atoms with E-state index in [1.807, 2.05) is 32.9 Å². The van der Waals surface area contributed by atoms with Gasteiger partial charge in [-0.05, 0) is 45.2 Å². The summed E-state index contributed by atoms with van der Waals surface area (Å²) in [5.41, 5.74) is 1.93. The summed E-state index contributed by atoms with van der Waals surface area (Å²) in [5.74, 6) is 1.67. The maximum Gasteiger partial charge on any atom is 0.410 e. The van der Waals surface area contributed by atoms with Gasteiger partial charge in [-0.25, -0.2) is 15.3 Å². The Morgan fingerprint density at radius 2 is 1.90 bits per heavy atom. The number of pyridine rings is 1. The summed E-state index contributed by atoms with van der Waals surface area (Å²) in [6.07, 6.45) is 10.9. The van der Waals surface area contributed by atoms with Gasteiger partial charge in [0.15, 0.2) is 0 Å². The molecule has 4 rings (SSSR count). The Bertz CT molecular complexity index is 1070. The zero-order chi connectivity index (χ0) is 27.8. The lowest BCUT2D eigenvalue weighted by molar-refractivity contribution is -0.129. The van der Waals surface area contributed by atoms with Crippen molar-refractivity contribution in [3.63, 3.8) is 0 Å². The highest BCUT2D eigenvalue weighted by atomic mass is 16.6. The van der Waals surface area contributed by atoms with Crippen LogP contribution in [0.3, 0.4) is 0 Å². The van der Waals surface area contributed by atoms with Crippen LogP contribution in [0.1, 0.15) is 90.4 Å². The third-order valence-corrected chi connectivity index (χ3v) is 7.50. The molecule has 214 valence electrons. The zero-order valence-electron chi connectivity index (χ0n) is 23.4. The van der Waals surface area contributed by atoms with Crippen LogP contribution in [0, 0.1) is 5.92 Å². The van der Waals surface area contributed by atoms with Crippen LogP contribution in [-0.2, 0) is 9.53 Å². The maximum atomic E-state index is 12.3. The molecular formula is C28H42N6O5. The first-order valence-corrected chi connectivity index (χ1v) is 14.2. The van der Waals surface area contributed by atoms with Gasteiger partial charge >= 0.3 is 6.09 Å². The fourth-order valence-electron chi connectivity index (χ4n) is 5.38. The fourth-order valence-corrected chi connectivity index (χ4v) is 5.38. The van der Waals surface area contributed by atoms with Gasteiger partial charge in [0.2, 0.25) is 17.6 Å². The summed E-state index contributed by atoms with van der Waals surface area (Å²) in [4.78, 5) is 37.3. The van der Waals surface area contributed by atoms with Crippen LogP contribution in [0.5, 0.6) is 0 Å². The molecule has 0 bridgehead atoms. The second-order valence-electron chi connectivity index (χ2n) is 11.7. The molecule has 2 fully saturated rings. The van der Waals surface area contributed by atoms with E-state index < -0.39 is 11.5 Å². The molecule has 2 aliphatic rings. The number of aromatic nitrogens is 3. The number of hydroxylamine groups is 1. The SMILES string of the molecule is CC(C)(C)OC(=O)N1CCN(c2ccc(-c3noc([C@H](CCCC4CCCCC4)CC(=O)NO)n3)cn2)CC1. The number of ether oxygens (including phenoxy) is 1. The molecule has 0 radical (unpaired) electrons. The summed E-state index contributed by atoms with van der Waals surface area (Å²) < 4.78 is 11.0. The van der Waals surface area contributed by atoms with Crippen LogP contribution in [0.15, 0.2) is 22.9 Å². The van der Waals surface area contributed by atoms with Crippen LogP contribution in [0.25, 0.3) is 11.4 Å². The number of hydrogen-bond acceptors (Lipinski definition) is 9. The predicted molar refractivity (Wildman–Crippen MR) is 145 cm³/mol. The molecule has 2 N–H and O–H groups in total. The van der Waals surface area contributed by atoms with Crippen molar-refractivity contribution < 1.29 is 24.1 Å². The molecule has 2 aromatic rings. The monoisotopic (exact) mass is 542 g/mol. The number of rotatable bonds is 9. The van der Waals surface area contributed by atoms with Crippen molar-refractivity contribution in [2.75, 3.05) is 31.1 Å². The third-order valence-electron chi connectivity index (χ3n) is 7.50. The first-order valence-electron chi connectivity index (χ1n) is 14.2. The Morgan fingerprint density at radius 1 is 1.15 bits per heavy atom. The van der Waals surface area contributed by atoms with E-state index in [0.29, 0.717) is 43.5 Å². The smallest absolute Gasteiger partial charge is 0.410 e. The molecule has 1 aliphatic heterocycles. The minimum Gasteiger partial charge on any atom is -0.444 e. The molecule has 1 saturated heterocycles. The van der Waals surface area contributed by atoms with Crippen LogP contribution >= 0.6 is 0 Å². The van der Waals surface area contributed by atoms with E-state index >= 15 is 0 Å². The first-order chi connectivity index (χ1) is 18.7. The lowest BCUT2D eigenvalue weighted by atomic mass is 9.84. The number of anilines is 1. The van der Waals surface area contributed by atoms with E-state index in [0.717, 1.165) is 31.0 Å². The van der Waals surface area contributed by atoms with E-state index in [9.17, 15) is 9.59 Å². The number of nitrogens with one attached hydrogen (secondary N) is 1. The van der Waals surface area contributed by atoms with Gasteiger partial charge in [0.25, 0.3) is 0 Å². The summed E-state index contributed by atoms with van der Waals surface area (Å²) >= 11 is 0. The van der Waals surface area contributed by atoms with E-state index in [2.05, 4.69) is 20.0 Å². The molecule has 2 aromatic heterocycles. The van der Waals surface area contributed by atoms with Crippen molar-refractivity contribution in [3.8, 4) is 11.4 Å². The van der Waals surface area contributed by atoms with E-state index in [4.69, 9.17) is 14.5 Å². The molecule has 2 amide bonds. The van der Waals surface area contributed by atoms with Gasteiger partial charge in [0.05, 0.1) is 0 Å². The first kappa shape index (κ1) is 28.8. The van der Waals surface area contributed by atoms with E-state index in [1.165, 1.54) is 32.1 Å². The average Bonchev–Trinajstić information content (AvgIpc) is 3.42. The summed E-state index contributed by atoms with van der Waals surface area (Å²) in [5, 5.41) is 13.2. The topological polar surface area (TPSA) is 134 Å². The van der Waals surface area contributed by atoms with Crippen molar-refractivity contribution in [2.24, 2.45) is 5.92 Å². The number of hydrogen-bond donors (Lipinski definition) is 2. The Balaban J connectivity index is 1.34. The Kier molecular flexibility index (Phi) is 9.77. The van der Waals surface area contributed by atoms with Crippen LogP contribution < -0.4 is 10.4 Å². The summed E-state index contributed by atoms with van der Waals surface area (Å²) in [7, 11) is 0. The van der Waals surface area contributed by atoms with Gasteiger partial charge in [0, 0.05) is 50.3 Å². The molecule has 11 nitrogen and oxygen atoms in total. The lowest BCUT2D eigenvalue weighted by Crippen LogP contribution is -2.50. The van der Waals surface area contributed by atoms with Crippen molar-refractivity contribution in [1.29, 1.82) is 0 Å². The lowest BCUT2D eigenvalue weighted by Gasteiger charge is -2.36. The van der Waals surface area contributed by atoms with Gasteiger partial charge < -0.3 is 19.1 Å². The van der Waals surface area contributed by atoms with E-state index in [1.54, 1.807) is 16.6 Å². The predicted octanol–water partition coefficient (Wildman–Crippen LogP) is 4.92. The van der Waals surface area contributed by atoms with Gasteiger partial charge in [-0.15, -0.1) is 0 Å². The normalized spacial score (nSPS) is 17.6. The molecule has 11 heteroatoms. The zero-order valence-corrected chi connectivity index (χ0v) is 23.4. The van der Waals surface area contributed by atoms with Crippen LogP contribution in [-0.4, -0.2) is 69.0 Å². The van der Waals surface area contributed by atoms with Gasteiger partial charge in [0.1, 0.15) is 11.4 Å². The fraction of sp³-hybridized carbons (Fsp3) is 0.679. The number of carbonyl (C=O) groups excluding carboxylic acids is 2. The number of nitrogens with zero attached hydrogens (tertiary/aromatic N) is 5. The van der Waals surface area contributed by atoms with Crippen molar-refractivity contribution in [1.82, 2.24) is 25.5 Å². The van der Waals surface area contributed by atoms with Gasteiger partial charge in [-0.3, -0.25) is 10.0 Å². The Labute approximate surface area is 230 Å². The second-order valence-corrected chi connectivity index (χ2v) is 11.7. The van der Waals surface area contributed by atoms with E-state index in [-0.39, 0.29) is 18.4 Å². The second kappa shape index (κ2) is 13.2. The van der Waals surface area contributed by atoms with Crippen molar-refractivity contribution in [2.45, 2.75) is 90.1 Å². The molecule has 0 unspecified atom stereocenters. The standard InChI is InChI=1S/C28H42N6O5/c1-28(2,3)38-27(36)34-16-14-33(15-17-34)23-13-12-22(19-29-23)25-30-26(39-32-25)21(18-24(35)31-37)11-7-10-20-8-5-4-6-9-20/h12-13,19-21,37H,4-11,14-18H2,1-3H3,(H,31,35)/t21-/m1/s1. The average molecular weight is 543 g/mol. The number of carbonyl (C=O) groups is 2. The third kappa shape index (κ3) is 8.39. The van der Waals surface area contributed by atoms with Crippen molar-refractivity contribution in [3.05, 3.63) is 24.2 Å². The molecule has 1 atom stereocenters. The molecule has 39 heavy (non-hydrogen) atoms. The minimum atomic E-state index is -0.513. The summed E-state index contributed by atoms with van der Waals surface area (Å²) in [6.45, 7) is 8.05. The molecule has 1 aliphatic carbocycles.